The Hall–Kier alpha value is -3.73. The van der Waals surface area contributed by atoms with Crippen molar-refractivity contribution >= 4 is 11.7 Å². The number of carbonyl (C=O) groups is 1. The number of hydrogen-bond donors (Lipinski definition) is 1. The minimum absolute atomic E-state index is 0.130. The summed E-state index contributed by atoms with van der Waals surface area (Å²) >= 11 is 0. The number of benzene rings is 2. The maximum absolute atomic E-state index is 13.6. The fourth-order valence-electron chi connectivity index (χ4n) is 3.22. The number of halogens is 2. The van der Waals surface area contributed by atoms with E-state index in [4.69, 9.17) is 5.26 Å². The van der Waals surface area contributed by atoms with E-state index < -0.39 is 11.8 Å². The van der Waals surface area contributed by atoms with Crippen molar-refractivity contribution in [3.63, 3.8) is 0 Å². The van der Waals surface area contributed by atoms with Crippen LogP contribution in [-0.2, 0) is 13.1 Å². The van der Waals surface area contributed by atoms with Gasteiger partial charge in [-0.25, -0.2) is 13.6 Å². The molecule has 1 aliphatic rings. The zero-order valence-electron chi connectivity index (χ0n) is 14.7. The Morgan fingerprint density at radius 3 is 2.64 bits per heavy atom. The SMILES string of the molecule is N#Cc1cc(F)cc(NC(=O)N2CCn3ncc(-c4ccc(F)cc4)c3C2)c1. The summed E-state index contributed by atoms with van der Waals surface area (Å²) in [4.78, 5) is 14.2. The highest BCUT2D eigenvalue weighted by Crippen LogP contribution is 2.27. The van der Waals surface area contributed by atoms with Gasteiger partial charge in [0.25, 0.3) is 0 Å². The molecule has 8 heteroatoms. The summed E-state index contributed by atoms with van der Waals surface area (Å²) in [6, 6.07) is 11.2. The smallest absolute Gasteiger partial charge is 0.317 e. The molecule has 1 N–H and O–H groups in total. The second-order valence-electron chi connectivity index (χ2n) is 6.43. The van der Waals surface area contributed by atoms with E-state index in [1.807, 2.05) is 10.8 Å². The molecule has 0 bridgehead atoms. The van der Waals surface area contributed by atoms with Crippen molar-refractivity contribution < 1.29 is 13.6 Å². The molecule has 2 amide bonds. The van der Waals surface area contributed by atoms with Crippen molar-refractivity contribution in [1.29, 1.82) is 5.26 Å². The number of nitrogens with one attached hydrogen (secondary N) is 1. The monoisotopic (exact) mass is 379 g/mol. The van der Waals surface area contributed by atoms with Crippen molar-refractivity contribution in [2.75, 3.05) is 11.9 Å². The maximum atomic E-state index is 13.6. The first-order valence-electron chi connectivity index (χ1n) is 8.61. The zero-order valence-corrected chi connectivity index (χ0v) is 14.7. The number of hydrogen-bond acceptors (Lipinski definition) is 3. The highest BCUT2D eigenvalue weighted by Gasteiger charge is 2.24. The van der Waals surface area contributed by atoms with Crippen LogP contribution in [0.4, 0.5) is 19.3 Å². The minimum atomic E-state index is -0.593. The first kappa shape index (κ1) is 17.7. The van der Waals surface area contributed by atoms with Gasteiger partial charge in [-0.05, 0) is 35.9 Å². The van der Waals surface area contributed by atoms with Crippen LogP contribution in [0.1, 0.15) is 11.3 Å². The number of rotatable bonds is 2. The van der Waals surface area contributed by atoms with Gasteiger partial charge in [0, 0.05) is 17.8 Å². The Morgan fingerprint density at radius 1 is 1.11 bits per heavy atom. The van der Waals surface area contributed by atoms with E-state index in [0.29, 0.717) is 19.6 Å². The van der Waals surface area contributed by atoms with Gasteiger partial charge in [-0.1, -0.05) is 12.1 Å². The molecular formula is C20H15F2N5O. The first-order chi connectivity index (χ1) is 13.5. The summed E-state index contributed by atoms with van der Waals surface area (Å²) in [5.41, 5.74) is 2.83. The van der Waals surface area contributed by atoms with Gasteiger partial charge in [-0.15, -0.1) is 0 Å². The van der Waals surface area contributed by atoms with Crippen LogP contribution >= 0.6 is 0 Å². The van der Waals surface area contributed by atoms with Gasteiger partial charge in [0.1, 0.15) is 11.6 Å². The maximum Gasteiger partial charge on any atom is 0.322 e. The number of nitrogens with zero attached hydrogens (tertiary/aromatic N) is 4. The Balaban J connectivity index is 1.54. The molecule has 140 valence electrons. The molecule has 0 saturated heterocycles. The van der Waals surface area contributed by atoms with Crippen molar-refractivity contribution in [2.24, 2.45) is 0 Å². The molecule has 6 nitrogen and oxygen atoms in total. The van der Waals surface area contributed by atoms with Crippen LogP contribution < -0.4 is 5.32 Å². The number of nitriles is 1. The largest absolute Gasteiger partial charge is 0.322 e. The molecule has 0 saturated carbocycles. The Kier molecular flexibility index (Phi) is 4.49. The highest BCUT2D eigenvalue weighted by atomic mass is 19.1. The summed E-state index contributed by atoms with van der Waals surface area (Å²) < 4.78 is 28.6. The van der Waals surface area contributed by atoms with Crippen LogP contribution in [0.2, 0.25) is 0 Å². The molecule has 1 aromatic heterocycles. The number of carbonyl (C=O) groups excluding carboxylic acids is 1. The van der Waals surface area contributed by atoms with Crippen LogP contribution in [0.3, 0.4) is 0 Å². The average molecular weight is 379 g/mol. The normalized spacial score (nSPS) is 13.0. The minimum Gasteiger partial charge on any atom is -0.317 e. The van der Waals surface area contributed by atoms with E-state index in [9.17, 15) is 13.6 Å². The van der Waals surface area contributed by atoms with Gasteiger partial charge in [0.05, 0.1) is 36.6 Å². The number of fused-ring (bicyclic) bond motifs is 1. The zero-order chi connectivity index (χ0) is 19.7. The van der Waals surface area contributed by atoms with Gasteiger partial charge < -0.3 is 10.2 Å². The van der Waals surface area contributed by atoms with Crippen LogP contribution in [0.15, 0.2) is 48.7 Å². The molecule has 0 atom stereocenters. The van der Waals surface area contributed by atoms with Crippen LogP contribution in [0.5, 0.6) is 0 Å². The lowest BCUT2D eigenvalue weighted by Crippen LogP contribution is -2.41. The fourth-order valence-corrected chi connectivity index (χ4v) is 3.22. The van der Waals surface area contributed by atoms with Gasteiger partial charge in [-0.3, -0.25) is 4.68 Å². The molecule has 4 rings (SSSR count). The summed E-state index contributed by atoms with van der Waals surface area (Å²) in [7, 11) is 0. The van der Waals surface area contributed by atoms with Crippen molar-refractivity contribution in [2.45, 2.75) is 13.1 Å². The third-order valence-electron chi connectivity index (χ3n) is 4.59. The third-order valence-corrected chi connectivity index (χ3v) is 4.59. The number of aromatic nitrogens is 2. The van der Waals surface area contributed by atoms with E-state index in [0.717, 1.165) is 29.0 Å². The lowest BCUT2D eigenvalue weighted by atomic mass is 10.1. The van der Waals surface area contributed by atoms with Gasteiger partial charge >= 0.3 is 6.03 Å². The fraction of sp³-hybridized carbons (Fsp3) is 0.150. The Bertz CT molecular complexity index is 1080. The predicted molar refractivity (Wildman–Crippen MR) is 98.2 cm³/mol. The molecule has 28 heavy (non-hydrogen) atoms. The molecule has 2 aromatic carbocycles. The van der Waals surface area contributed by atoms with Gasteiger partial charge in [0.2, 0.25) is 0 Å². The predicted octanol–water partition coefficient (Wildman–Crippen LogP) is 3.75. The Morgan fingerprint density at radius 2 is 1.89 bits per heavy atom. The lowest BCUT2D eigenvalue weighted by molar-refractivity contribution is 0.194. The second kappa shape index (κ2) is 7.12. The van der Waals surface area contributed by atoms with Gasteiger partial charge in [0.15, 0.2) is 0 Å². The average Bonchev–Trinajstić information content (AvgIpc) is 3.11. The molecule has 0 fully saturated rings. The molecule has 0 spiro atoms. The number of urea groups is 1. The topological polar surface area (TPSA) is 74.0 Å². The highest BCUT2D eigenvalue weighted by molar-refractivity contribution is 5.89. The lowest BCUT2D eigenvalue weighted by Gasteiger charge is -2.28. The summed E-state index contributed by atoms with van der Waals surface area (Å²) in [5.74, 6) is -0.915. The standard InChI is InChI=1S/C20H15F2N5O/c21-15-3-1-14(2-4-15)18-11-24-27-6-5-26(12-19(18)27)20(28)25-17-8-13(10-23)7-16(22)9-17/h1-4,7-9,11H,5-6,12H2,(H,25,28). The summed E-state index contributed by atoms with van der Waals surface area (Å²) in [6.45, 7) is 1.25. The molecule has 3 aromatic rings. The molecular weight excluding hydrogens is 364 g/mol. The molecule has 1 aliphatic heterocycles. The van der Waals surface area contributed by atoms with Crippen molar-refractivity contribution in [1.82, 2.24) is 14.7 Å². The summed E-state index contributed by atoms with van der Waals surface area (Å²) in [6.07, 6.45) is 1.70. The second-order valence-corrected chi connectivity index (χ2v) is 6.43. The Labute approximate surface area is 159 Å². The molecule has 0 unspecified atom stereocenters. The molecule has 0 radical (unpaired) electrons. The van der Waals surface area contributed by atoms with Crippen LogP contribution in [-0.4, -0.2) is 27.3 Å². The molecule has 2 heterocycles. The number of anilines is 1. The van der Waals surface area contributed by atoms with Crippen LogP contribution in [0, 0.1) is 23.0 Å². The first-order valence-corrected chi connectivity index (χ1v) is 8.61. The van der Waals surface area contributed by atoms with Crippen molar-refractivity contribution in [3.8, 4) is 17.2 Å². The van der Waals surface area contributed by atoms with Gasteiger partial charge in [-0.2, -0.15) is 10.4 Å². The summed E-state index contributed by atoms with van der Waals surface area (Å²) in [5, 5.41) is 15.9. The third kappa shape index (κ3) is 3.42. The van der Waals surface area contributed by atoms with Crippen molar-refractivity contribution in [3.05, 3.63) is 71.6 Å². The van der Waals surface area contributed by atoms with Crippen LogP contribution in [0.25, 0.3) is 11.1 Å². The van der Waals surface area contributed by atoms with E-state index in [2.05, 4.69) is 10.4 Å². The van der Waals surface area contributed by atoms with E-state index >= 15 is 0 Å². The van der Waals surface area contributed by atoms with E-state index in [1.54, 1.807) is 23.2 Å². The van der Waals surface area contributed by atoms with E-state index in [-0.39, 0.29) is 17.1 Å². The molecule has 0 aliphatic carbocycles. The quantitative estimate of drug-likeness (QED) is 0.737. The number of amides is 2. The van der Waals surface area contributed by atoms with E-state index in [1.165, 1.54) is 18.2 Å².